The second-order valence-electron chi connectivity index (χ2n) is 4.01. The fraction of sp³-hybridized carbons (Fsp3) is 0.800. The van der Waals surface area contributed by atoms with Crippen molar-refractivity contribution in [1.29, 1.82) is 0 Å². The molecule has 0 aliphatic carbocycles. The number of rotatable bonds is 2. The minimum absolute atomic E-state index is 0.00572. The van der Waals surface area contributed by atoms with Crippen LogP contribution in [0.25, 0.3) is 0 Å². The van der Waals surface area contributed by atoms with Gasteiger partial charge in [0.05, 0.1) is 5.75 Å². The van der Waals surface area contributed by atoms with Gasteiger partial charge >= 0.3 is 0 Å². The van der Waals surface area contributed by atoms with E-state index in [1.165, 1.54) is 0 Å². The van der Waals surface area contributed by atoms with Crippen LogP contribution in [0.1, 0.15) is 12.8 Å². The largest absolute Gasteiger partial charge is 0.381 e. The number of aliphatic imine (C=N–C) groups is 1. The molecule has 0 spiro atoms. The van der Waals surface area contributed by atoms with E-state index in [-0.39, 0.29) is 5.91 Å². The highest BCUT2D eigenvalue weighted by Crippen LogP contribution is 2.20. The molecule has 15 heavy (non-hydrogen) atoms. The topological polar surface area (TPSA) is 41.9 Å². The lowest BCUT2D eigenvalue weighted by atomic mass is 10.0. The van der Waals surface area contributed by atoms with Gasteiger partial charge in [0.15, 0.2) is 5.17 Å². The summed E-state index contributed by atoms with van der Waals surface area (Å²) >= 11 is 1.54. The number of hydrogen-bond acceptors (Lipinski definition) is 4. The van der Waals surface area contributed by atoms with Gasteiger partial charge < -0.3 is 9.64 Å². The zero-order valence-electron chi connectivity index (χ0n) is 8.94. The molecule has 2 aliphatic heterocycles. The molecule has 0 bridgehead atoms. The van der Waals surface area contributed by atoms with Crippen LogP contribution in [0, 0.1) is 5.92 Å². The molecular weight excluding hydrogens is 212 g/mol. The number of amidine groups is 1. The lowest BCUT2D eigenvalue weighted by Gasteiger charge is -2.27. The Hall–Kier alpha value is -0.550. The van der Waals surface area contributed by atoms with E-state index in [1.54, 1.807) is 11.8 Å². The Bertz CT molecular complexity index is 275. The van der Waals surface area contributed by atoms with Gasteiger partial charge in [0.2, 0.25) is 0 Å². The molecule has 0 N–H and O–H groups in total. The maximum absolute atomic E-state index is 11.0. The molecule has 1 saturated heterocycles. The van der Waals surface area contributed by atoms with E-state index in [1.807, 2.05) is 7.05 Å². The maximum atomic E-state index is 11.0. The van der Waals surface area contributed by atoms with E-state index >= 15 is 0 Å². The fourth-order valence-corrected chi connectivity index (χ4v) is 2.67. The van der Waals surface area contributed by atoms with Crippen molar-refractivity contribution in [2.24, 2.45) is 10.9 Å². The first kappa shape index (κ1) is 11.0. The molecule has 1 amide bonds. The third-order valence-corrected chi connectivity index (χ3v) is 3.80. The summed E-state index contributed by atoms with van der Waals surface area (Å²) in [6.07, 6.45) is 2.24. The first-order chi connectivity index (χ1) is 7.25. The van der Waals surface area contributed by atoms with Gasteiger partial charge in [0.1, 0.15) is 0 Å². The SMILES string of the molecule is CN(CC1CCOCC1)C1=NC(=O)CS1. The first-order valence-electron chi connectivity index (χ1n) is 5.29. The highest BCUT2D eigenvalue weighted by Gasteiger charge is 2.22. The number of carbonyl (C=O) groups is 1. The third kappa shape index (κ3) is 2.95. The van der Waals surface area contributed by atoms with Crippen molar-refractivity contribution in [1.82, 2.24) is 4.90 Å². The Morgan fingerprint density at radius 3 is 2.87 bits per heavy atom. The van der Waals surface area contributed by atoms with Crippen LogP contribution in [0.4, 0.5) is 0 Å². The summed E-state index contributed by atoms with van der Waals surface area (Å²) < 4.78 is 5.32. The van der Waals surface area contributed by atoms with Crippen LogP contribution in [0.15, 0.2) is 4.99 Å². The molecular formula is C10H16N2O2S. The molecule has 0 atom stereocenters. The Morgan fingerprint density at radius 2 is 2.27 bits per heavy atom. The summed E-state index contributed by atoms with van der Waals surface area (Å²) in [6, 6.07) is 0. The van der Waals surface area contributed by atoms with E-state index < -0.39 is 0 Å². The average Bonchev–Trinajstić information content (AvgIpc) is 2.66. The van der Waals surface area contributed by atoms with Crippen LogP contribution in [0.5, 0.6) is 0 Å². The molecule has 5 heteroatoms. The molecule has 0 unspecified atom stereocenters. The van der Waals surface area contributed by atoms with Crippen molar-refractivity contribution in [3.63, 3.8) is 0 Å². The van der Waals surface area contributed by atoms with Crippen molar-refractivity contribution < 1.29 is 9.53 Å². The summed E-state index contributed by atoms with van der Waals surface area (Å²) in [5.74, 6) is 1.18. The van der Waals surface area contributed by atoms with E-state index in [4.69, 9.17) is 4.74 Å². The molecule has 0 saturated carbocycles. The molecule has 84 valence electrons. The monoisotopic (exact) mass is 228 g/mol. The van der Waals surface area contributed by atoms with Gasteiger partial charge in [-0.15, -0.1) is 0 Å². The number of nitrogens with zero attached hydrogens (tertiary/aromatic N) is 2. The van der Waals surface area contributed by atoms with E-state index in [2.05, 4.69) is 9.89 Å². The minimum Gasteiger partial charge on any atom is -0.381 e. The Morgan fingerprint density at radius 1 is 1.53 bits per heavy atom. The fourth-order valence-electron chi connectivity index (χ4n) is 1.89. The van der Waals surface area contributed by atoms with Crippen molar-refractivity contribution in [3.05, 3.63) is 0 Å². The molecule has 4 nitrogen and oxygen atoms in total. The standard InChI is InChI=1S/C10H16N2O2S/c1-12(10-11-9(13)7-15-10)6-8-2-4-14-5-3-8/h8H,2-7H2,1H3. The van der Waals surface area contributed by atoms with Gasteiger partial charge in [0, 0.05) is 26.8 Å². The van der Waals surface area contributed by atoms with Crippen LogP contribution in [-0.2, 0) is 9.53 Å². The third-order valence-electron chi connectivity index (χ3n) is 2.74. The summed E-state index contributed by atoms with van der Waals surface area (Å²) in [5.41, 5.74) is 0. The van der Waals surface area contributed by atoms with Crippen molar-refractivity contribution in [2.45, 2.75) is 12.8 Å². The van der Waals surface area contributed by atoms with E-state index in [9.17, 15) is 4.79 Å². The lowest BCUT2D eigenvalue weighted by molar-refractivity contribution is -0.115. The van der Waals surface area contributed by atoms with E-state index in [0.29, 0.717) is 11.7 Å². The van der Waals surface area contributed by atoms with Gasteiger partial charge in [0.25, 0.3) is 5.91 Å². The van der Waals surface area contributed by atoms with E-state index in [0.717, 1.165) is 37.8 Å². The molecule has 2 rings (SSSR count). The number of hydrogen-bond donors (Lipinski definition) is 0. The quantitative estimate of drug-likeness (QED) is 0.706. The van der Waals surface area contributed by atoms with Gasteiger partial charge in [-0.2, -0.15) is 4.99 Å². The molecule has 2 aliphatic rings. The Labute approximate surface area is 94.1 Å². The normalized spacial score (nSPS) is 23.0. The van der Waals surface area contributed by atoms with Crippen molar-refractivity contribution in [2.75, 3.05) is 32.6 Å². The van der Waals surface area contributed by atoms with Gasteiger partial charge in [-0.3, -0.25) is 4.79 Å². The zero-order chi connectivity index (χ0) is 10.7. The summed E-state index contributed by atoms with van der Waals surface area (Å²) in [6.45, 7) is 2.73. The van der Waals surface area contributed by atoms with Gasteiger partial charge in [-0.1, -0.05) is 11.8 Å². The minimum atomic E-state index is -0.00572. The van der Waals surface area contributed by atoms with Crippen molar-refractivity contribution >= 4 is 22.8 Å². The summed E-state index contributed by atoms with van der Waals surface area (Å²) in [7, 11) is 2.01. The lowest BCUT2D eigenvalue weighted by Crippen LogP contribution is -2.32. The average molecular weight is 228 g/mol. The first-order valence-corrected chi connectivity index (χ1v) is 6.27. The molecule has 0 aromatic carbocycles. The van der Waals surface area contributed by atoms with Gasteiger partial charge in [-0.05, 0) is 18.8 Å². The predicted octanol–water partition coefficient (Wildman–Crippen LogP) is 0.974. The van der Waals surface area contributed by atoms with Crippen LogP contribution in [0.2, 0.25) is 0 Å². The van der Waals surface area contributed by atoms with Crippen molar-refractivity contribution in [3.8, 4) is 0 Å². The van der Waals surface area contributed by atoms with Crippen LogP contribution in [0.3, 0.4) is 0 Å². The van der Waals surface area contributed by atoms with Crippen LogP contribution >= 0.6 is 11.8 Å². The molecule has 0 aromatic rings. The second kappa shape index (κ2) is 4.99. The Balaban J connectivity index is 1.83. The Kier molecular flexibility index (Phi) is 3.64. The smallest absolute Gasteiger partial charge is 0.258 e. The maximum Gasteiger partial charge on any atom is 0.258 e. The number of amides is 1. The summed E-state index contributed by atoms with van der Waals surface area (Å²) in [5, 5.41) is 0.881. The summed E-state index contributed by atoms with van der Waals surface area (Å²) in [4.78, 5) is 17.1. The number of carbonyl (C=O) groups excluding carboxylic acids is 1. The zero-order valence-corrected chi connectivity index (χ0v) is 9.76. The second-order valence-corrected chi connectivity index (χ2v) is 4.96. The molecule has 0 aromatic heterocycles. The number of ether oxygens (including phenoxy) is 1. The molecule has 0 radical (unpaired) electrons. The van der Waals surface area contributed by atoms with Crippen LogP contribution < -0.4 is 0 Å². The number of thioether (sulfide) groups is 1. The van der Waals surface area contributed by atoms with Gasteiger partial charge in [-0.25, -0.2) is 0 Å². The highest BCUT2D eigenvalue weighted by atomic mass is 32.2. The highest BCUT2D eigenvalue weighted by molar-refractivity contribution is 8.14. The molecule has 1 fully saturated rings. The predicted molar refractivity (Wildman–Crippen MR) is 61.1 cm³/mol. The molecule has 2 heterocycles. The van der Waals surface area contributed by atoms with Crippen LogP contribution in [-0.4, -0.2) is 48.5 Å².